The van der Waals surface area contributed by atoms with Gasteiger partial charge in [-0.25, -0.2) is 9.97 Å². The Morgan fingerprint density at radius 2 is 1.88 bits per heavy atom. The van der Waals surface area contributed by atoms with E-state index in [1.165, 1.54) is 44.9 Å². The third kappa shape index (κ3) is 4.18. The molecule has 4 rings (SSSR count). The van der Waals surface area contributed by atoms with Gasteiger partial charge in [-0.2, -0.15) is 0 Å². The summed E-state index contributed by atoms with van der Waals surface area (Å²) in [4.78, 5) is 24.3. The number of rotatable bonds is 5. The molecule has 2 fully saturated rings. The molecule has 5 nitrogen and oxygen atoms in total. The van der Waals surface area contributed by atoms with Gasteiger partial charge in [-0.15, -0.1) is 0 Å². The van der Waals surface area contributed by atoms with Gasteiger partial charge in [0.15, 0.2) is 0 Å². The van der Waals surface area contributed by atoms with Crippen LogP contribution in [0.25, 0.3) is 0 Å². The topological polar surface area (TPSA) is 58.1 Å². The number of carbonyl (C=O) groups excluding carboxylic acids is 1. The first kappa shape index (κ1) is 17.7. The first-order valence-electron chi connectivity index (χ1n) is 10.7. The van der Waals surface area contributed by atoms with Crippen LogP contribution in [0.3, 0.4) is 0 Å². The van der Waals surface area contributed by atoms with E-state index in [0.29, 0.717) is 6.42 Å². The molecule has 26 heavy (non-hydrogen) atoms. The van der Waals surface area contributed by atoms with Crippen molar-refractivity contribution in [2.75, 3.05) is 18.0 Å². The molecule has 2 aliphatic carbocycles. The largest absolute Gasteiger partial charge is 0.349 e. The van der Waals surface area contributed by atoms with E-state index in [4.69, 9.17) is 4.98 Å². The van der Waals surface area contributed by atoms with Crippen LogP contribution in [0, 0.1) is 5.92 Å². The number of hydrogen-bond acceptors (Lipinski definition) is 4. The Kier molecular flexibility index (Phi) is 5.71. The standard InChI is InChI=1S/C21H32N4O/c26-20(12-11-16-7-2-3-8-16)23-18-9-6-10-19-17(18)15-22-21(24-19)25-13-4-1-5-14-25/h15-16,18H,1-14H2,(H,23,26)/t18-/m0/s1. The molecule has 1 saturated heterocycles. The summed E-state index contributed by atoms with van der Waals surface area (Å²) in [6.45, 7) is 2.14. The SMILES string of the molecule is O=C(CCC1CCCC1)N[C@H]1CCCc2nc(N3CCCCC3)ncc21. The highest BCUT2D eigenvalue weighted by molar-refractivity contribution is 5.76. The number of aromatic nitrogens is 2. The number of nitrogens with zero attached hydrogens (tertiary/aromatic N) is 3. The van der Waals surface area contributed by atoms with Crippen molar-refractivity contribution < 1.29 is 4.79 Å². The average molecular weight is 357 g/mol. The van der Waals surface area contributed by atoms with E-state index in [1.54, 1.807) is 0 Å². The summed E-state index contributed by atoms with van der Waals surface area (Å²) in [6, 6.07) is 0.102. The van der Waals surface area contributed by atoms with Crippen molar-refractivity contribution in [1.29, 1.82) is 0 Å². The molecule has 2 heterocycles. The zero-order valence-corrected chi connectivity index (χ0v) is 15.9. The number of carbonyl (C=O) groups is 1. The van der Waals surface area contributed by atoms with Crippen LogP contribution in [0.5, 0.6) is 0 Å². The number of hydrogen-bond donors (Lipinski definition) is 1. The van der Waals surface area contributed by atoms with Crippen LogP contribution in [-0.4, -0.2) is 29.0 Å². The summed E-state index contributed by atoms with van der Waals surface area (Å²) in [5.74, 6) is 1.86. The van der Waals surface area contributed by atoms with Crippen LogP contribution in [-0.2, 0) is 11.2 Å². The van der Waals surface area contributed by atoms with Crippen LogP contribution in [0.15, 0.2) is 6.20 Å². The van der Waals surface area contributed by atoms with E-state index in [2.05, 4.69) is 15.2 Å². The number of nitrogens with one attached hydrogen (secondary N) is 1. The number of amides is 1. The van der Waals surface area contributed by atoms with Gasteiger partial charge >= 0.3 is 0 Å². The molecule has 1 saturated carbocycles. The van der Waals surface area contributed by atoms with Crippen LogP contribution < -0.4 is 10.2 Å². The Morgan fingerprint density at radius 3 is 2.69 bits per heavy atom. The van der Waals surface area contributed by atoms with Gasteiger partial charge in [0.2, 0.25) is 11.9 Å². The summed E-state index contributed by atoms with van der Waals surface area (Å²) in [5.41, 5.74) is 2.29. The van der Waals surface area contributed by atoms with Crippen molar-refractivity contribution in [3.63, 3.8) is 0 Å². The van der Waals surface area contributed by atoms with Crippen molar-refractivity contribution in [1.82, 2.24) is 15.3 Å². The van der Waals surface area contributed by atoms with Gasteiger partial charge in [0.1, 0.15) is 0 Å². The molecule has 0 bridgehead atoms. The Hall–Kier alpha value is -1.65. The lowest BCUT2D eigenvalue weighted by Gasteiger charge is -2.30. The highest BCUT2D eigenvalue weighted by Crippen LogP contribution is 2.31. The smallest absolute Gasteiger partial charge is 0.225 e. The van der Waals surface area contributed by atoms with Crippen molar-refractivity contribution in [3.8, 4) is 0 Å². The molecule has 5 heteroatoms. The van der Waals surface area contributed by atoms with Gasteiger partial charge in [0.05, 0.1) is 11.7 Å². The monoisotopic (exact) mass is 356 g/mol. The van der Waals surface area contributed by atoms with Crippen molar-refractivity contribution >= 4 is 11.9 Å². The predicted molar refractivity (Wildman–Crippen MR) is 103 cm³/mol. The molecule has 142 valence electrons. The first-order valence-corrected chi connectivity index (χ1v) is 10.7. The molecule has 1 N–H and O–H groups in total. The molecular formula is C21H32N4O. The van der Waals surface area contributed by atoms with Gasteiger partial charge in [-0.3, -0.25) is 4.79 Å². The second kappa shape index (κ2) is 8.36. The first-order chi connectivity index (χ1) is 12.8. The molecule has 1 aliphatic heterocycles. The minimum atomic E-state index is 0.102. The Bertz CT molecular complexity index is 620. The molecule has 1 amide bonds. The minimum absolute atomic E-state index is 0.102. The lowest BCUT2D eigenvalue weighted by atomic mass is 9.92. The Balaban J connectivity index is 1.37. The predicted octanol–water partition coefficient (Wildman–Crippen LogP) is 3.93. The van der Waals surface area contributed by atoms with Crippen LogP contribution in [0.1, 0.15) is 87.9 Å². The molecule has 1 atom stereocenters. The maximum Gasteiger partial charge on any atom is 0.225 e. The quantitative estimate of drug-likeness (QED) is 0.868. The van der Waals surface area contributed by atoms with E-state index < -0.39 is 0 Å². The Morgan fingerprint density at radius 1 is 1.08 bits per heavy atom. The zero-order valence-electron chi connectivity index (χ0n) is 15.9. The number of anilines is 1. The normalized spacial score (nSPS) is 23.7. The summed E-state index contributed by atoms with van der Waals surface area (Å²) >= 11 is 0. The van der Waals surface area contributed by atoms with Crippen molar-refractivity contribution in [2.24, 2.45) is 5.92 Å². The number of aryl methyl sites for hydroxylation is 1. The molecule has 1 aromatic rings. The molecule has 0 spiro atoms. The van der Waals surface area contributed by atoms with Gasteiger partial charge in [-0.05, 0) is 50.9 Å². The van der Waals surface area contributed by atoms with Gasteiger partial charge in [0.25, 0.3) is 0 Å². The summed E-state index contributed by atoms with van der Waals surface area (Å²) in [7, 11) is 0. The molecule has 0 radical (unpaired) electrons. The summed E-state index contributed by atoms with van der Waals surface area (Å²) in [6.07, 6.45) is 15.9. The fourth-order valence-electron chi connectivity index (χ4n) is 4.83. The lowest BCUT2D eigenvalue weighted by Crippen LogP contribution is -2.34. The Labute approximate surface area is 157 Å². The highest BCUT2D eigenvalue weighted by atomic mass is 16.1. The second-order valence-corrected chi connectivity index (χ2v) is 8.32. The second-order valence-electron chi connectivity index (χ2n) is 8.32. The summed E-state index contributed by atoms with van der Waals surface area (Å²) < 4.78 is 0. The zero-order chi connectivity index (χ0) is 17.8. The van der Waals surface area contributed by atoms with Crippen molar-refractivity contribution in [2.45, 2.75) is 83.1 Å². The highest BCUT2D eigenvalue weighted by Gasteiger charge is 2.25. The van der Waals surface area contributed by atoms with Gasteiger partial charge in [0, 0.05) is 31.3 Å². The maximum absolute atomic E-state index is 12.4. The van der Waals surface area contributed by atoms with Crippen LogP contribution in [0.2, 0.25) is 0 Å². The van der Waals surface area contributed by atoms with Gasteiger partial charge < -0.3 is 10.2 Å². The summed E-state index contributed by atoms with van der Waals surface area (Å²) in [5, 5.41) is 3.27. The number of piperidine rings is 1. The average Bonchev–Trinajstić information content (AvgIpc) is 3.21. The molecular weight excluding hydrogens is 324 g/mol. The van der Waals surface area contributed by atoms with E-state index in [-0.39, 0.29) is 11.9 Å². The minimum Gasteiger partial charge on any atom is -0.349 e. The molecule has 3 aliphatic rings. The lowest BCUT2D eigenvalue weighted by molar-refractivity contribution is -0.122. The molecule has 0 aromatic carbocycles. The number of fused-ring (bicyclic) bond motifs is 1. The molecule has 1 aromatic heterocycles. The fraction of sp³-hybridized carbons (Fsp3) is 0.762. The van der Waals surface area contributed by atoms with Gasteiger partial charge in [-0.1, -0.05) is 25.7 Å². The van der Waals surface area contributed by atoms with Crippen LogP contribution >= 0.6 is 0 Å². The fourth-order valence-corrected chi connectivity index (χ4v) is 4.83. The third-order valence-corrected chi connectivity index (χ3v) is 6.40. The van der Waals surface area contributed by atoms with Crippen molar-refractivity contribution in [3.05, 3.63) is 17.5 Å². The molecule has 0 unspecified atom stereocenters. The van der Waals surface area contributed by atoms with Crippen LogP contribution in [0.4, 0.5) is 5.95 Å². The van der Waals surface area contributed by atoms with E-state index in [1.807, 2.05) is 6.20 Å². The van der Waals surface area contributed by atoms with E-state index in [0.717, 1.165) is 61.9 Å². The maximum atomic E-state index is 12.4. The van der Waals surface area contributed by atoms with E-state index >= 15 is 0 Å². The van der Waals surface area contributed by atoms with E-state index in [9.17, 15) is 4.79 Å². The third-order valence-electron chi connectivity index (χ3n) is 6.40.